The molecular formula is C62H34N2O2. The van der Waals surface area contributed by atoms with Gasteiger partial charge in [0.25, 0.3) is 0 Å². The number of benzene rings is 11. The number of rotatable bonds is 3. The largest absolute Gasteiger partial charge is 0.456 e. The molecule has 11 aromatic carbocycles. The number of furan rings is 2. The molecule has 0 unspecified atom stereocenters. The molecule has 66 heavy (non-hydrogen) atoms. The van der Waals surface area contributed by atoms with Crippen LogP contribution >= 0.6 is 0 Å². The maximum atomic E-state index is 6.21. The summed E-state index contributed by atoms with van der Waals surface area (Å²) in [5, 5.41) is 17.0. The van der Waals surface area contributed by atoms with Crippen molar-refractivity contribution in [2.45, 2.75) is 0 Å². The van der Waals surface area contributed by atoms with Gasteiger partial charge in [-0.15, -0.1) is 0 Å². The van der Waals surface area contributed by atoms with E-state index in [-0.39, 0.29) is 0 Å². The van der Waals surface area contributed by atoms with E-state index in [9.17, 15) is 0 Å². The first-order valence-electron chi connectivity index (χ1n) is 22.6. The Labute approximate surface area is 375 Å². The van der Waals surface area contributed by atoms with Crippen LogP contribution in [0.5, 0.6) is 0 Å². The van der Waals surface area contributed by atoms with E-state index in [1.54, 1.807) is 0 Å². The van der Waals surface area contributed by atoms with Crippen LogP contribution in [-0.2, 0) is 0 Å². The molecule has 0 N–H and O–H groups in total. The Bertz CT molecular complexity index is 4750. The number of nitrogens with zero attached hydrogens (tertiary/aromatic N) is 2. The molecule has 0 aliphatic carbocycles. The number of hydrogen-bond acceptors (Lipinski definition) is 2. The van der Waals surface area contributed by atoms with E-state index < -0.39 is 0 Å². The highest BCUT2D eigenvalue weighted by Crippen LogP contribution is 2.48. The van der Waals surface area contributed by atoms with Crippen LogP contribution in [0, 0.1) is 0 Å². The van der Waals surface area contributed by atoms with Crippen LogP contribution < -0.4 is 0 Å². The Morgan fingerprint density at radius 2 is 0.773 bits per heavy atom. The maximum Gasteiger partial charge on any atom is 0.135 e. The zero-order valence-electron chi connectivity index (χ0n) is 35.3. The van der Waals surface area contributed by atoms with Gasteiger partial charge in [0, 0.05) is 59.5 Å². The molecule has 16 rings (SSSR count). The first-order valence-corrected chi connectivity index (χ1v) is 22.6. The molecule has 5 heterocycles. The average molecular weight is 839 g/mol. The molecule has 0 spiro atoms. The normalized spacial score (nSPS) is 12.5. The Morgan fingerprint density at radius 1 is 0.273 bits per heavy atom. The van der Waals surface area contributed by atoms with Crippen molar-refractivity contribution in [2.24, 2.45) is 0 Å². The summed E-state index contributed by atoms with van der Waals surface area (Å²) < 4.78 is 17.5. The number of aromatic nitrogens is 2. The lowest BCUT2D eigenvalue weighted by molar-refractivity contribution is 0.668. The summed E-state index contributed by atoms with van der Waals surface area (Å²) in [6.45, 7) is 0. The smallest absolute Gasteiger partial charge is 0.135 e. The molecule has 0 aliphatic rings. The van der Waals surface area contributed by atoms with Gasteiger partial charge in [-0.25, -0.2) is 0 Å². The molecule has 0 saturated carbocycles. The van der Waals surface area contributed by atoms with E-state index in [1.807, 2.05) is 24.3 Å². The first kappa shape index (κ1) is 34.6. The van der Waals surface area contributed by atoms with Gasteiger partial charge in [0.05, 0.1) is 27.6 Å². The van der Waals surface area contributed by atoms with Crippen molar-refractivity contribution in [1.29, 1.82) is 0 Å². The van der Waals surface area contributed by atoms with Crippen LogP contribution in [0.2, 0.25) is 0 Å². The lowest BCUT2D eigenvalue weighted by atomic mass is 9.97. The SMILES string of the molecule is c1ccc(-n2c3ccccc3c3cc4c5cc6ccc(-c7ccc8oc9ccccc9c8c7)cc6cc5n5c6cc7cc(-c8ccc9oc%10ccccc%10c9c8)ccc7cc6c(c32)c45)cc1. The van der Waals surface area contributed by atoms with Gasteiger partial charge in [-0.1, -0.05) is 109 Å². The maximum absolute atomic E-state index is 6.21. The minimum absolute atomic E-state index is 0.909. The van der Waals surface area contributed by atoms with Crippen LogP contribution in [0.25, 0.3) is 153 Å². The molecule has 5 aromatic heterocycles. The van der Waals surface area contributed by atoms with Crippen molar-refractivity contribution in [3.05, 3.63) is 206 Å². The second-order valence-corrected chi connectivity index (χ2v) is 18.0. The monoisotopic (exact) mass is 838 g/mol. The van der Waals surface area contributed by atoms with E-state index in [4.69, 9.17) is 8.83 Å². The van der Waals surface area contributed by atoms with E-state index in [0.717, 1.165) is 49.6 Å². The van der Waals surface area contributed by atoms with Crippen LogP contribution in [0.3, 0.4) is 0 Å². The van der Waals surface area contributed by atoms with E-state index in [0.29, 0.717) is 0 Å². The topological polar surface area (TPSA) is 35.6 Å². The van der Waals surface area contributed by atoms with Gasteiger partial charge >= 0.3 is 0 Å². The molecule has 4 heteroatoms. The highest BCUT2D eigenvalue weighted by molar-refractivity contribution is 6.35. The standard InChI is InChI=1S/C62H34N2O2/c1-2-10-43(11-3-1)63-53-15-7-4-12-44(53)50-34-51-47-28-39-20-18-35(37-22-24-58-48(29-37)45-13-5-8-16-56(45)65-58)26-41(39)32-54(47)64-55-33-42-27-36(19-21-40(42)31-52(55)60(61(50)63)62(51)64)38-23-25-59-49(30-38)46-14-6-9-17-57(46)66-59/h1-34H. The Morgan fingerprint density at radius 3 is 1.42 bits per heavy atom. The summed E-state index contributed by atoms with van der Waals surface area (Å²) in [5.74, 6) is 0. The fourth-order valence-corrected chi connectivity index (χ4v) is 11.6. The van der Waals surface area contributed by atoms with Gasteiger partial charge in [0.2, 0.25) is 0 Å². The Balaban J connectivity index is 0.994. The van der Waals surface area contributed by atoms with Crippen LogP contribution in [0.15, 0.2) is 215 Å². The Hall–Kier alpha value is -8.86. The van der Waals surface area contributed by atoms with E-state index >= 15 is 0 Å². The number of para-hydroxylation sites is 4. The van der Waals surface area contributed by atoms with Gasteiger partial charge in [-0.05, 0) is 141 Å². The quantitative estimate of drug-likeness (QED) is 0.178. The van der Waals surface area contributed by atoms with Crippen LogP contribution in [0.1, 0.15) is 0 Å². The molecule has 4 nitrogen and oxygen atoms in total. The van der Waals surface area contributed by atoms with Gasteiger partial charge in [-0.3, -0.25) is 0 Å². The average Bonchev–Trinajstić information content (AvgIpc) is 4.17. The van der Waals surface area contributed by atoms with Crippen LogP contribution in [0.4, 0.5) is 0 Å². The molecule has 0 radical (unpaired) electrons. The molecule has 0 aliphatic heterocycles. The lowest BCUT2D eigenvalue weighted by Crippen LogP contribution is -1.93. The predicted octanol–water partition coefficient (Wildman–Crippen LogP) is 17.4. The van der Waals surface area contributed by atoms with Crippen molar-refractivity contribution < 1.29 is 8.83 Å². The van der Waals surface area contributed by atoms with Crippen molar-refractivity contribution in [2.75, 3.05) is 0 Å². The van der Waals surface area contributed by atoms with Crippen LogP contribution in [-0.4, -0.2) is 8.97 Å². The minimum atomic E-state index is 0.909. The summed E-state index contributed by atoms with van der Waals surface area (Å²) in [4.78, 5) is 0. The molecule has 16 aromatic rings. The van der Waals surface area contributed by atoms with Gasteiger partial charge in [0.1, 0.15) is 22.3 Å². The third-order valence-electron chi connectivity index (χ3n) is 14.5. The predicted molar refractivity (Wildman–Crippen MR) is 276 cm³/mol. The molecule has 0 amide bonds. The second-order valence-electron chi connectivity index (χ2n) is 18.0. The molecule has 0 bridgehead atoms. The van der Waals surface area contributed by atoms with Crippen molar-refractivity contribution in [3.8, 4) is 27.9 Å². The fraction of sp³-hybridized carbons (Fsp3) is 0. The highest BCUT2D eigenvalue weighted by Gasteiger charge is 2.25. The third kappa shape index (κ3) is 4.57. The highest BCUT2D eigenvalue weighted by atomic mass is 16.3. The zero-order valence-corrected chi connectivity index (χ0v) is 35.3. The molecular weight excluding hydrogens is 805 g/mol. The first-order chi connectivity index (χ1) is 32.7. The molecule has 304 valence electrons. The Kier molecular flexibility index (Phi) is 6.52. The van der Waals surface area contributed by atoms with Gasteiger partial charge in [-0.2, -0.15) is 0 Å². The van der Waals surface area contributed by atoms with Crippen molar-refractivity contribution >= 4 is 125 Å². The second kappa shape index (κ2) is 12.4. The zero-order chi connectivity index (χ0) is 42.8. The fourth-order valence-electron chi connectivity index (χ4n) is 11.6. The third-order valence-corrected chi connectivity index (χ3v) is 14.5. The van der Waals surface area contributed by atoms with Crippen molar-refractivity contribution in [3.63, 3.8) is 0 Å². The van der Waals surface area contributed by atoms with Gasteiger partial charge < -0.3 is 17.8 Å². The lowest BCUT2D eigenvalue weighted by Gasteiger charge is -2.10. The number of fused-ring (bicyclic) bond motifs is 18. The minimum Gasteiger partial charge on any atom is -0.456 e. The van der Waals surface area contributed by atoms with E-state index in [1.165, 1.54) is 104 Å². The number of hydrogen-bond donors (Lipinski definition) is 0. The van der Waals surface area contributed by atoms with E-state index in [2.05, 4.69) is 191 Å². The molecule has 0 saturated heterocycles. The van der Waals surface area contributed by atoms with Crippen molar-refractivity contribution in [1.82, 2.24) is 8.97 Å². The summed E-state index contributed by atoms with van der Waals surface area (Å²) in [6, 6.07) is 75.6. The molecule has 0 fully saturated rings. The molecule has 0 atom stereocenters. The summed E-state index contributed by atoms with van der Waals surface area (Å²) >= 11 is 0. The van der Waals surface area contributed by atoms with Gasteiger partial charge in [0.15, 0.2) is 0 Å². The summed E-state index contributed by atoms with van der Waals surface area (Å²) in [7, 11) is 0. The summed E-state index contributed by atoms with van der Waals surface area (Å²) in [6.07, 6.45) is 0. The summed E-state index contributed by atoms with van der Waals surface area (Å²) in [5.41, 5.74) is 15.6.